The summed E-state index contributed by atoms with van der Waals surface area (Å²) in [6.45, 7) is 11.1. The van der Waals surface area contributed by atoms with Crippen LogP contribution < -0.4 is 5.32 Å². The maximum Gasteiger partial charge on any atom is 0.407 e. The number of hydrogen-bond donors (Lipinski definition) is 2. The molecule has 2 unspecified atom stereocenters. The first kappa shape index (κ1) is 31.8. The number of alkyl carbamates (subject to hydrolysis) is 1. The third kappa shape index (κ3) is 11.7. The maximum atomic E-state index is 13.2. The first-order valence-electron chi connectivity index (χ1n) is 13.3. The molecule has 0 aliphatic carbocycles. The van der Waals surface area contributed by atoms with Gasteiger partial charge >= 0.3 is 12.1 Å². The second-order valence-corrected chi connectivity index (χ2v) is 10.2. The fourth-order valence-corrected chi connectivity index (χ4v) is 4.44. The van der Waals surface area contributed by atoms with Gasteiger partial charge in [-0.3, -0.25) is 9.63 Å². The molecule has 206 valence electrons. The predicted molar refractivity (Wildman–Crippen MR) is 141 cm³/mol. The Morgan fingerprint density at radius 1 is 1.06 bits per heavy atom. The van der Waals surface area contributed by atoms with Crippen LogP contribution in [0.3, 0.4) is 0 Å². The van der Waals surface area contributed by atoms with Gasteiger partial charge in [0.15, 0.2) is 11.8 Å². The number of rotatable bonds is 19. The van der Waals surface area contributed by atoms with E-state index in [4.69, 9.17) is 9.57 Å². The van der Waals surface area contributed by atoms with E-state index >= 15 is 0 Å². The molecule has 2 amide bonds. The molecule has 9 nitrogen and oxygen atoms in total. The van der Waals surface area contributed by atoms with Gasteiger partial charge in [-0.2, -0.15) is 0 Å². The number of hydroxylamine groups is 2. The molecule has 2 N–H and O–H groups in total. The highest BCUT2D eigenvalue weighted by atomic mass is 32.1. The molecule has 0 aromatic carbocycles. The van der Waals surface area contributed by atoms with Crippen LogP contribution in [0, 0.1) is 5.92 Å². The molecule has 0 spiro atoms. The summed E-state index contributed by atoms with van der Waals surface area (Å²) in [5.41, 5.74) is -0.0980. The van der Waals surface area contributed by atoms with Gasteiger partial charge in [0.25, 0.3) is 0 Å². The summed E-state index contributed by atoms with van der Waals surface area (Å²) in [6.07, 6.45) is 6.71. The van der Waals surface area contributed by atoms with Crippen molar-refractivity contribution in [1.29, 1.82) is 0 Å². The molecule has 1 rings (SSSR count). The highest BCUT2D eigenvalue weighted by Gasteiger charge is 2.33. The monoisotopic (exact) mass is 527 g/mol. The number of carbonyl (C=O) groups excluding carboxylic acids is 2. The molecule has 1 aromatic rings. The largest absolute Gasteiger partial charge is 0.476 e. The molecule has 0 saturated heterocycles. The maximum absolute atomic E-state index is 13.2. The van der Waals surface area contributed by atoms with Crippen LogP contribution in [0.1, 0.15) is 120 Å². The van der Waals surface area contributed by atoms with E-state index in [2.05, 4.69) is 17.2 Å². The molecule has 1 aromatic heterocycles. The first-order valence-corrected chi connectivity index (χ1v) is 14.2. The van der Waals surface area contributed by atoms with Crippen LogP contribution in [0.25, 0.3) is 0 Å². The summed E-state index contributed by atoms with van der Waals surface area (Å²) in [6, 6.07) is -0.383. The zero-order valence-corrected chi connectivity index (χ0v) is 23.4. The molecule has 36 heavy (non-hydrogen) atoms. The van der Waals surface area contributed by atoms with Crippen molar-refractivity contribution in [2.45, 2.75) is 111 Å². The molecule has 0 aliphatic heterocycles. The van der Waals surface area contributed by atoms with Crippen molar-refractivity contribution in [3.63, 3.8) is 0 Å². The summed E-state index contributed by atoms with van der Waals surface area (Å²) in [5.74, 6) is -1.24. The number of amides is 2. The summed E-state index contributed by atoms with van der Waals surface area (Å²) in [4.78, 5) is 47.3. The quantitative estimate of drug-likeness (QED) is 0.159. The fourth-order valence-electron chi connectivity index (χ4n) is 3.61. The Morgan fingerprint density at radius 2 is 1.75 bits per heavy atom. The Hall–Kier alpha value is -2.20. The van der Waals surface area contributed by atoms with Gasteiger partial charge in [0.2, 0.25) is 5.91 Å². The predicted octanol–water partition coefficient (Wildman–Crippen LogP) is 6.35. The van der Waals surface area contributed by atoms with Crippen LogP contribution in [0.2, 0.25) is 0 Å². The average Bonchev–Trinajstić information content (AvgIpc) is 3.34. The highest BCUT2D eigenvalue weighted by Crippen LogP contribution is 2.31. The van der Waals surface area contributed by atoms with Crippen molar-refractivity contribution in [2.75, 3.05) is 13.2 Å². The normalized spacial score (nSPS) is 12.8. The minimum absolute atomic E-state index is 0.000577. The van der Waals surface area contributed by atoms with Crippen LogP contribution in [-0.4, -0.2) is 52.3 Å². The average molecular weight is 528 g/mol. The van der Waals surface area contributed by atoms with E-state index in [-0.39, 0.29) is 30.0 Å². The number of nitrogens with one attached hydrogen (secondary N) is 1. The van der Waals surface area contributed by atoms with Crippen molar-refractivity contribution in [2.24, 2.45) is 5.92 Å². The zero-order chi connectivity index (χ0) is 26.9. The Kier molecular flexibility index (Phi) is 16.0. The SMILES string of the molecule is CCCCCCON(C(=O)CCCC)C(CC(OC(=O)NCCCC)c1nc(C(=O)O)cs1)C(C)C. The van der Waals surface area contributed by atoms with Crippen molar-refractivity contribution in [1.82, 2.24) is 15.4 Å². The van der Waals surface area contributed by atoms with Crippen LogP contribution in [0.4, 0.5) is 4.79 Å². The number of carboxylic acids is 1. The van der Waals surface area contributed by atoms with E-state index in [0.29, 0.717) is 24.6 Å². The number of ether oxygens (including phenoxy) is 1. The Bertz CT molecular complexity index is 785. The number of thiazole rings is 1. The van der Waals surface area contributed by atoms with Gasteiger partial charge in [0, 0.05) is 24.8 Å². The minimum Gasteiger partial charge on any atom is -0.476 e. The van der Waals surface area contributed by atoms with E-state index in [1.807, 2.05) is 27.7 Å². The Labute approximate surface area is 219 Å². The van der Waals surface area contributed by atoms with Crippen LogP contribution >= 0.6 is 11.3 Å². The number of unbranched alkanes of at least 4 members (excludes halogenated alkanes) is 5. The number of carboxylic acid groups (broad SMARTS) is 1. The molecule has 1 heterocycles. The lowest BCUT2D eigenvalue weighted by molar-refractivity contribution is -0.209. The van der Waals surface area contributed by atoms with E-state index in [1.54, 1.807) is 0 Å². The summed E-state index contributed by atoms with van der Waals surface area (Å²) < 4.78 is 5.74. The van der Waals surface area contributed by atoms with Crippen LogP contribution in [-0.2, 0) is 14.4 Å². The number of nitrogens with zero attached hydrogens (tertiary/aromatic N) is 2. The van der Waals surface area contributed by atoms with Gasteiger partial charge in [0.05, 0.1) is 12.6 Å². The lowest BCUT2D eigenvalue weighted by Crippen LogP contribution is -2.45. The fraction of sp³-hybridized carbons (Fsp3) is 0.769. The number of aromatic nitrogens is 1. The third-order valence-corrected chi connectivity index (χ3v) is 6.75. The molecular formula is C26H45N3O6S. The summed E-state index contributed by atoms with van der Waals surface area (Å²) in [7, 11) is 0. The smallest absolute Gasteiger partial charge is 0.407 e. The van der Waals surface area contributed by atoms with Crippen LogP contribution in [0.15, 0.2) is 5.38 Å². The van der Waals surface area contributed by atoms with E-state index < -0.39 is 18.2 Å². The number of hydrogen-bond acceptors (Lipinski definition) is 7. The number of aromatic carboxylic acids is 1. The van der Waals surface area contributed by atoms with Crippen molar-refractivity contribution in [3.8, 4) is 0 Å². The van der Waals surface area contributed by atoms with Gasteiger partial charge in [0.1, 0.15) is 5.01 Å². The molecule has 10 heteroatoms. The Balaban J connectivity index is 3.15. The van der Waals surface area contributed by atoms with Gasteiger partial charge in [-0.1, -0.05) is 66.7 Å². The van der Waals surface area contributed by atoms with Gasteiger partial charge in [-0.15, -0.1) is 11.3 Å². The van der Waals surface area contributed by atoms with E-state index in [9.17, 15) is 19.5 Å². The molecular weight excluding hydrogens is 482 g/mol. The molecule has 2 atom stereocenters. The van der Waals surface area contributed by atoms with Crippen molar-refractivity contribution >= 4 is 29.3 Å². The molecule has 0 fully saturated rings. The molecule has 0 radical (unpaired) electrons. The highest BCUT2D eigenvalue weighted by molar-refractivity contribution is 7.09. The second-order valence-electron chi connectivity index (χ2n) is 9.31. The van der Waals surface area contributed by atoms with Crippen LogP contribution in [0.5, 0.6) is 0 Å². The molecule has 0 saturated carbocycles. The second kappa shape index (κ2) is 18.1. The lowest BCUT2D eigenvalue weighted by atomic mass is 9.97. The van der Waals surface area contributed by atoms with Gasteiger partial charge < -0.3 is 15.2 Å². The molecule has 0 aliphatic rings. The standard InChI is InChI=1S/C26H45N3O6S/c1-6-9-12-13-16-34-29(23(30)14-10-7-2)21(19(4)5)17-22(35-26(33)27-15-11-8-3)24-28-20(18-36-24)25(31)32/h18-19,21-22H,6-17H2,1-5H3,(H,27,33)(H,31,32). The first-order chi connectivity index (χ1) is 17.2. The molecule has 0 bridgehead atoms. The van der Waals surface area contributed by atoms with Gasteiger partial charge in [-0.25, -0.2) is 19.6 Å². The van der Waals surface area contributed by atoms with Crippen molar-refractivity contribution < 1.29 is 29.1 Å². The third-order valence-electron chi connectivity index (χ3n) is 5.81. The Morgan fingerprint density at radius 3 is 2.33 bits per heavy atom. The topological polar surface area (TPSA) is 118 Å². The lowest BCUT2D eigenvalue weighted by Gasteiger charge is -2.35. The minimum atomic E-state index is -1.14. The zero-order valence-electron chi connectivity index (χ0n) is 22.6. The van der Waals surface area contributed by atoms with Crippen molar-refractivity contribution in [3.05, 3.63) is 16.1 Å². The number of carbonyl (C=O) groups is 3. The summed E-state index contributed by atoms with van der Waals surface area (Å²) >= 11 is 1.13. The van der Waals surface area contributed by atoms with E-state index in [1.165, 1.54) is 10.4 Å². The van der Waals surface area contributed by atoms with E-state index in [0.717, 1.165) is 62.7 Å². The summed E-state index contributed by atoms with van der Waals surface area (Å²) in [5, 5.41) is 15.4. The van der Waals surface area contributed by atoms with Gasteiger partial charge in [-0.05, 0) is 25.2 Å².